The predicted octanol–water partition coefficient (Wildman–Crippen LogP) is 1.04. The van der Waals surface area contributed by atoms with E-state index < -0.39 is 0 Å². The van der Waals surface area contributed by atoms with Crippen LogP contribution in [-0.2, 0) is 6.54 Å². The molecule has 0 unspecified atom stereocenters. The monoisotopic (exact) mass is 213 g/mol. The molecule has 3 rings (SSSR count). The lowest BCUT2D eigenvalue weighted by molar-refractivity contribution is 0.837. The number of tetrazole rings is 1. The van der Waals surface area contributed by atoms with Gasteiger partial charge in [-0.3, -0.25) is 0 Å². The van der Waals surface area contributed by atoms with E-state index in [0.29, 0.717) is 6.54 Å². The Bertz CT molecular complexity index is 670. The SMILES string of the molecule is Cc1cc2nnnn2c2c(CN)cccc12. The van der Waals surface area contributed by atoms with E-state index in [2.05, 4.69) is 28.5 Å². The molecule has 2 heterocycles. The van der Waals surface area contributed by atoms with Crippen LogP contribution in [0.1, 0.15) is 11.1 Å². The van der Waals surface area contributed by atoms with Gasteiger partial charge in [-0.2, -0.15) is 4.52 Å². The minimum Gasteiger partial charge on any atom is -0.326 e. The van der Waals surface area contributed by atoms with Crippen LogP contribution in [0.15, 0.2) is 24.3 Å². The first-order valence-electron chi connectivity index (χ1n) is 5.10. The van der Waals surface area contributed by atoms with E-state index in [1.54, 1.807) is 4.52 Å². The molecule has 0 amide bonds. The normalized spacial score (nSPS) is 11.4. The minimum atomic E-state index is 0.482. The van der Waals surface area contributed by atoms with Crippen molar-refractivity contribution in [3.05, 3.63) is 35.4 Å². The number of fused-ring (bicyclic) bond motifs is 3. The van der Waals surface area contributed by atoms with Crippen molar-refractivity contribution < 1.29 is 0 Å². The maximum atomic E-state index is 5.74. The molecule has 0 aliphatic rings. The summed E-state index contributed by atoms with van der Waals surface area (Å²) in [4.78, 5) is 0. The predicted molar refractivity (Wildman–Crippen MR) is 60.9 cm³/mol. The van der Waals surface area contributed by atoms with Gasteiger partial charge in [0.25, 0.3) is 0 Å². The number of nitrogens with two attached hydrogens (primary N) is 1. The first kappa shape index (κ1) is 9.23. The van der Waals surface area contributed by atoms with Crippen molar-refractivity contribution in [3.63, 3.8) is 0 Å². The molecule has 0 radical (unpaired) electrons. The first-order valence-corrected chi connectivity index (χ1v) is 5.10. The molecule has 80 valence electrons. The number of rotatable bonds is 1. The van der Waals surface area contributed by atoms with Gasteiger partial charge in [-0.25, -0.2) is 0 Å². The fraction of sp³-hybridized carbons (Fsp3) is 0.182. The van der Waals surface area contributed by atoms with Gasteiger partial charge in [-0.05, 0) is 34.5 Å². The number of nitrogens with zero attached hydrogens (tertiary/aromatic N) is 4. The highest BCUT2D eigenvalue weighted by atomic mass is 15.5. The van der Waals surface area contributed by atoms with Crippen molar-refractivity contribution in [2.75, 3.05) is 0 Å². The van der Waals surface area contributed by atoms with E-state index in [1.165, 1.54) is 0 Å². The zero-order valence-electron chi connectivity index (χ0n) is 8.88. The second-order valence-corrected chi connectivity index (χ2v) is 3.79. The lowest BCUT2D eigenvalue weighted by Gasteiger charge is -2.07. The standard InChI is InChI=1S/C11H11N5/c1-7-5-10-13-14-15-16(10)11-8(6-12)3-2-4-9(7)11/h2-5H,6,12H2,1H3. The summed E-state index contributed by atoms with van der Waals surface area (Å²) in [5, 5.41) is 12.8. The van der Waals surface area contributed by atoms with Crippen molar-refractivity contribution >= 4 is 16.6 Å². The van der Waals surface area contributed by atoms with Crippen LogP contribution in [0, 0.1) is 6.92 Å². The Labute approximate surface area is 91.9 Å². The summed E-state index contributed by atoms with van der Waals surface area (Å²) in [7, 11) is 0. The maximum absolute atomic E-state index is 5.74. The van der Waals surface area contributed by atoms with E-state index in [-0.39, 0.29) is 0 Å². The van der Waals surface area contributed by atoms with Crippen LogP contribution in [-0.4, -0.2) is 20.0 Å². The maximum Gasteiger partial charge on any atom is 0.180 e. The van der Waals surface area contributed by atoms with E-state index in [0.717, 1.165) is 27.7 Å². The summed E-state index contributed by atoms with van der Waals surface area (Å²) >= 11 is 0. The average molecular weight is 213 g/mol. The summed E-state index contributed by atoms with van der Waals surface area (Å²) in [6.07, 6.45) is 0. The summed E-state index contributed by atoms with van der Waals surface area (Å²) in [6.45, 7) is 2.53. The Morgan fingerprint density at radius 3 is 3.06 bits per heavy atom. The number of para-hydroxylation sites is 1. The third-order valence-electron chi connectivity index (χ3n) is 2.82. The fourth-order valence-electron chi connectivity index (χ4n) is 2.04. The molecule has 2 N–H and O–H groups in total. The number of pyridine rings is 1. The minimum absolute atomic E-state index is 0.482. The highest BCUT2D eigenvalue weighted by molar-refractivity contribution is 5.87. The molecule has 1 aromatic carbocycles. The van der Waals surface area contributed by atoms with Gasteiger partial charge in [-0.15, -0.1) is 5.10 Å². The lowest BCUT2D eigenvalue weighted by Crippen LogP contribution is -2.02. The molecule has 2 aromatic heterocycles. The van der Waals surface area contributed by atoms with Crippen molar-refractivity contribution in [2.45, 2.75) is 13.5 Å². The Morgan fingerprint density at radius 1 is 1.38 bits per heavy atom. The van der Waals surface area contributed by atoms with E-state index >= 15 is 0 Å². The number of hydrogen-bond acceptors (Lipinski definition) is 4. The zero-order chi connectivity index (χ0) is 11.1. The largest absolute Gasteiger partial charge is 0.326 e. The average Bonchev–Trinajstić information content (AvgIpc) is 2.76. The molecule has 3 aromatic rings. The van der Waals surface area contributed by atoms with Crippen LogP contribution in [0.5, 0.6) is 0 Å². The lowest BCUT2D eigenvalue weighted by atomic mass is 10.1. The molecular formula is C11H11N5. The van der Waals surface area contributed by atoms with Crippen molar-refractivity contribution in [1.82, 2.24) is 20.0 Å². The van der Waals surface area contributed by atoms with Gasteiger partial charge in [0.1, 0.15) is 0 Å². The van der Waals surface area contributed by atoms with Crippen LogP contribution in [0.25, 0.3) is 16.6 Å². The molecule has 0 fully saturated rings. The van der Waals surface area contributed by atoms with Gasteiger partial charge in [0.2, 0.25) is 0 Å². The Morgan fingerprint density at radius 2 is 2.25 bits per heavy atom. The quantitative estimate of drug-likeness (QED) is 0.655. The summed E-state index contributed by atoms with van der Waals surface area (Å²) in [5.74, 6) is 0. The summed E-state index contributed by atoms with van der Waals surface area (Å²) in [6, 6.07) is 8.05. The molecule has 0 aliphatic heterocycles. The number of aryl methyl sites for hydroxylation is 1. The zero-order valence-corrected chi connectivity index (χ0v) is 8.88. The summed E-state index contributed by atoms with van der Waals surface area (Å²) < 4.78 is 1.74. The van der Waals surface area contributed by atoms with Crippen LogP contribution in [0.3, 0.4) is 0 Å². The van der Waals surface area contributed by atoms with Gasteiger partial charge < -0.3 is 5.73 Å². The molecule has 5 heteroatoms. The summed E-state index contributed by atoms with van der Waals surface area (Å²) in [5.41, 5.74) is 9.72. The van der Waals surface area contributed by atoms with Gasteiger partial charge in [0.05, 0.1) is 5.52 Å². The van der Waals surface area contributed by atoms with E-state index in [4.69, 9.17) is 5.73 Å². The molecule has 5 nitrogen and oxygen atoms in total. The molecule has 0 spiro atoms. The van der Waals surface area contributed by atoms with Gasteiger partial charge in [-0.1, -0.05) is 18.2 Å². The van der Waals surface area contributed by atoms with Crippen LogP contribution in [0.4, 0.5) is 0 Å². The molecule has 16 heavy (non-hydrogen) atoms. The Kier molecular flexibility index (Phi) is 1.87. The second kappa shape index (κ2) is 3.24. The first-order chi connectivity index (χ1) is 7.81. The number of hydrogen-bond donors (Lipinski definition) is 1. The van der Waals surface area contributed by atoms with Crippen molar-refractivity contribution in [2.24, 2.45) is 5.73 Å². The van der Waals surface area contributed by atoms with Crippen LogP contribution in [0.2, 0.25) is 0 Å². The third-order valence-corrected chi connectivity index (χ3v) is 2.82. The fourth-order valence-corrected chi connectivity index (χ4v) is 2.04. The smallest absolute Gasteiger partial charge is 0.180 e. The second-order valence-electron chi connectivity index (χ2n) is 3.79. The van der Waals surface area contributed by atoms with Crippen LogP contribution >= 0.6 is 0 Å². The molecule has 0 saturated carbocycles. The van der Waals surface area contributed by atoms with E-state index in [9.17, 15) is 0 Å². The molecular weight excluding hydrogens is 202 g/mol. The number of aromatic nitrogens is 4. The Balaban J connectivity index is 2.62. The molecule has 0 bridgehead atoms. The van der Waals surface area contributed by atoms with Gasteiger partial charge in [0.15, 0.2) is 5.65 Å². The molecule has 0 saturated heterocycles. The van der Waals surface area contributed by atoms with Crippen molar-refractivity contribution in [1.29, 1.82) is 0 Å². The van der Waals surface area contributed by atoms with Crippen molar-refractivity contribution in [3.8, 4) is 0 Å². The Hall–Kier alpha value is -2.01. The van der Waals surface area contributed by atoms with E-state index in [1.807, 2.05) is 18.2 Å². The van der Waals surface area contributed by atoms with Crippen LogP contribution < -0.4 is 5.73 Å². The molecule has 0 aliphatic carbocycles. The topological polar surface area (TPSA) is 69.1 Å². The van der Waals surface area contributed by atoms with Gasteiger partial charge >= 0.3 is 0 Å². The highest BCUT2D eigenvalue weighted by Gasteiger charge is 2.09. The third kappa shape index (κ3) is 1.12. The number of benzene rings is 1. The van der Waals surface area contributed by atoms with Gasteiger partial charge in [0, 0.05) is 11.9 Å². The highest BCUT2D eigenvalue weighted by Crippen LogP contribution is 2.22. The molecule has 0 atom stereocenters.